The van der Waals surface area contributed by atoms with Crippen LogP contribution in [0.25, 0.3) is 11.4 Å². The predicted molar refractivity (Wildman–Crippen MR) is 71.1 cm³/mol. The molecular formula is C14H17N3. The van der Waals surface area contributed by atoms with Crippen molar-refractivity contribution in [3.8, 4) is 11.4 Å². The van der Waals surface area contributed by atoms with Crippen molar-refractivity contribution in [3.63, 3.8) is 0 Å². The van der Waals surface area contributed by atoms with E-state index in [9.17, 15) is 0 Å². The van der Waals surface area contributed by atoms with Gasteiger partial charge in [0, 0.05) is 24.4 Å². The summed E-state index contributed by atoms with van der Waals surface area (Å²) in [6, 6.07) is 10.3. The van der Waals surface area contributed by atoms with Crippen molar-refractivity contribution in [2.75, 3.05) is 12.4 Å². The molecule has 1 aromatic heterocycles. The Morgan fingerprint density at radius 1 is 1.12 bits per heavy atom. The minimum Gasteiger partial charge on any atom is -0.373 e. The maximum absolute atomic E-state index is 4.55. The zero-order valence-corrected chi connectivity index (χ0v) is 10.5. The van der Waals surface area contributed by atoms with Gasteiger partial charge in [-0.25, -0.2) is 9.97 Å². The molecule has 0 atom stereocenters. The van der Waals surface area contributed by atoms with Crippen molar-refractivity contribution in [3.05, 3.63) is 41.6 Å². The van der Waals surface area contributed by atoms with Crippen molar-refractivity contribution >= 4 is 5.82 Å². The van der Waals surface area contributed by atoms with E-state index in [0.717, 1.165) is 29.3 Å². The summed E-state index contributed by atoms with van der Waals surface area (Å²) < 4.78 is 0. The second-order valence-corrected chi connectivity index (χ2v) is 4.04. The molecule has 0 radical (unpaired) electrons. The largest absolute Gasteiger partial charge is 0.373 e. The third kappa shape index (κ3) is 2.61. The van der Waals surface area contributed by atoms with E-state index < -0.39 is 0 Å². The van der Waals surface area contributed by atoms with Gasteiger partial charge in [-0.1, -0.05) is 36.8 Å². The Hall–Kier alpha value is -1.90. The molecule has 1 aromatic carbocycles. The minimum atomic E-state index is 0.786. The van der Waals surface area contributed by atoms with E-state index in [1.807, 2.05) is 13.1 Å². The number of nitrogens with zero attached hydrogens (tertiary/aromatic N) is 2. The van der Waals surface area contributed by atoms with E-state index in [2.05, 4.69) is 53.4 Å². The van der Waals surface area contributed by atoms with Crippen molar-refractivity contribution in [1.82, 2.24) is 9.97 Å². The number of anilines is 1. The molecule has 2 rings (SSSR count). The highest BCUT2D eigenvalue weighted by Crippen LogP contribution is 2.18. The third-order valence-corrected chi connectivity index (χ3v) is 2.71. The first-order valence-corrected chi connectivity index (χ1v) is 5.85. The van der Waals surface area contributed by atoms with Gasteiger partial charge in [-0.05, 0) is 13.3 Å². The number of aromatic nitrogens is 2. The van der Waals surface area contributed by atoms with Crippen LogP contribution in [0.2, 0.25) is 0 Å². The smallest absolute Gasteiger partial charge is 0.161 e. The highest BCUT2D eigenvalue weighted by atomic mass is 15.0. The van der Waals surface area contributed by atoms with Crippen LogP contribution in [-0.4, -0.2) is 17.0 Å². The van der Waals surface area contributed by atoms with Crippen LogP contribution in [0.5, 0.6) is 0 Å². The standard InChI is InChI=1S/C14H17N3/c1-4-12-9-13(15-3)17-14(16-12)11-7-5-10(2)6-8-11/h5-9H,4H2,1-3H3,(H,15,16,17). The molecule has 0 aliphatic heterocycles. The average Bonchev–Trinajstić information content (AvgIpc) is 2.39. The second kappa shape index (κ2) is 4.95. The fourth-order valence-electron chi connectivity index (χ4n) is 1.64. The van der Waals surface area contributed by atoms with Gasteiger partial charge in [0.1, 0.15) is 5.82 Å². The molecule has 0 spiro atoms. The van der Waals surface area contributed by atoms with Gasteiger partial charge in [-0.15, -0.1) is 0 Å². The van der Waals surface area contributed by atoms with E-state index in [1.54, 1.807) is 0 Å². The van der Waals surface area contributed by atoms with Gasteiger partial charge in [0.2, 0.25) is 0 Å². The number of benzene rings is 1. The van der Waals surface area contributed by atoms with Crippen molar-refractivity contribution in [2.45, 2.75) is 20.3 Å². The normalized spacial score (nSPS) is 10.3. The molecule has 0 saturated heterocycles. The van der Waals surface area contributed by atoms with Crippen LogP contribution in [0.15, 0.2) is 30.3 Å². The van der Waals surface area contributed by atoms with E-state index in [0.29, 0.717) is 0 Å². The summed E-state index contributed by atoms with van der Waals surface area (Å²) in [5.41, 5.74) is 3.36. The van der Waals surface area contributed by atoms with Crippen LogP contribution in [0.1, 0.15) is 18.2 Å². The lowest BCUT2D eigenvalue weighted by atomic mass is 10.1. The lowest BCUT2D eigenvalue weighted by Gasteiger charge is -2.06. The summed E-state index contributed by atoms with van der Waals surface area (Å²) in [6.07, 6.45) is 0.913. The summed E-state index contributed by atoms with van der Waals surface area (Å²) in [5, 5.41) is 3.07. The quantitative estimate of drug-likeness (QED) is 0.875. The van der Waals surface area contributed by atoms with Gasteiger partial charge in [0.05, 0.1) is 0 Å². The second-order valence-electron chi connectivity index (χ2n) is 4.04. The summed E-state index contributed by atoms with van der Waals surface area (Å²) in [7, 11) is 1.88. The van der Waals surface area contributed by atoms with Gasteiger partial charge in [-0.3, -0.25) is 0 Å². The van der Waals surface area contributed by atoms with Gasteiger partial charge in [0.25, 0.3) is 0 Å². The minimum absolute atomic E-state index is 0.786. The predicted octanol–water partition coefficient (Wildman–Crippen LogP) is 3.06. The molecule has 3 nitrogen and oxygen atoms in total. The van der Waals surface area contributed by atoms with Crippen LogP contribution in [0.4, 0.5) is 5.82 Å². The van der Waals surface area contributed by atoms with Crippen LogP contribution < -0.4 is 5.32 Å². The van der Waals surface area contributed by atoms with Gasteiger partial charge in [0.15, 0.2) is 5.82 Å². The molecule has 0 saturated carbocycles. The number of hydrogen-bond donors (Lipinski definition) is 1. The Labute approximate surface area is 102 Å². The first kappa shape index (κ1) is 11.6. The SMILES string of the molecule is CCc1cc(NC)nc(-c2ccc(C)cc2)n1. The molecule has 1 heterocycles. The molecule has 2 aromatic rings. The maximum Gasteiger partial charge on any atom is 0.161 e. The summed E-state index contributed by atoms with van der Waals surface area (Å²) >= 11 is 0. The third-order valence-electron chi connectivity index (χ3n) is 2.71. The van der Waals surface area contributed by atoms with Crippen molar-refractivity contribution < 1.29 is 0 Å². The molecule has 0 unspecified atom stereocenters. The lowest BCUT2D eigenvalue weighted by molar-refractivity contribution is 1.01. The Morgan fingerprint density at radius 2 is 1.82 bits per heavy atom. The zero-order chi connectivity index (χ0) is 12.3. The monoisotopic (exact) mass is 227 g/mol. The zero-order valence-electron chi connectivity index (χ0n) is 10.5. The molecule has 0 bridgehead atoms. The van der Waals surface area contributed by atoms with E-state index in [1.165, 1.54) is 5.56 Å². The number of nitrogens with one attached hydrogen (secondary N) is 1. The molecule has 0 amide bonds. The average molecular weight is 227 g/mol. The van der Waals surface area contributed by atoms with Crippen molar-refractivity contribution in [1.29, 1.82) is 0 Å². The summed E-state index contributed by atoms with van der Waals surface area (Å²) in [5.74, 6) is 1.65. The maximum atomic E-state index is 4.55. The fraction of sp³-hybridized carbons (Fsp3) is 0.286. The Morgan fingerprint density at radius 3 is 2.41 bits per heavy atom. The summed E-state index contributed by atoms with van der Waals surface area (Å²) in [6.45, 7) is 4.17. The number of rotatable bonds is 3. The van der Waals surface area contributed by atoms with Crippen LogP contribution in [-0.2, 0) is 6.42 Å². The molecule has 17 heavy (non-hydrogen) atoms. The topological polar surface area (TPSA) is 37.8 Å². The molecule has 0 aliphatic carbocycles. The Bertz CT molecular complexity index is 481. The first-order valence-electron chi connectivity index (χ1n) is 5.85. The van der Waals surface area contributed by atoms with E-state index >= 15 is 0 Å². The number of aryl methyl sites for hydroxylation is 2. The molecular weight excluding hydrogens is 210 g/mol. The van der Waals surface area contributed by atoms with Crippen LogP contribution >= 0.6 is 0 Å². The summed E-state index contributed by atoms with van der Waals surface area (Å²) in [4.78, 5) is 9.03. The fourth-order valence-corrected chi connectivity index (χ4v) is 1.64. The lowest BCUT2D eigenvalue weighted by Crippen LogP contribution is -2.00. The van der Waals surface area contributed by atoms with E-state index in [4.69, 9.17) is 0 Å². The molecule has 88 valence electrons. The molecule has 3 heteroatoms. The van der Waals surface area contributed by atoms with Crippen LogP contribution in [0, 0.1) is 6.92 Å². The Kier molecular flexibility index (Phi) is 3.38. The Balaban J connectivity index is 2.46. The highest BCUT2D eigenvalue weighted by molar-refractivity contribution is 5.58. The van der Waals surface area contributed by atoms with Gasteiger partial charge >= 0.3 is 0 Å². The van der Waals surface area contributed by atoms with Crippen LogP contribution in [0.3, 0.4) is 0 Å². The van der Waals surface area contributed by atoms with Crippen molar-refractivity contribution in [2.24, 2.45) is 0 Å². The molecule has 0 fully saturated rings. The van der Waals surface area contributed by atoms with Gasteiger partial charge in [-0.2, -0.15) is 0 Å². The molecule has 0 aliphatic rings. The van der Waals surface area contributed by atoms with Gasteiger partial charge < -0.3 is 5.32 Å². The first-order chi connectivity index (χ1) is 8.22. The highest BCUT2D eigenvalue weighted by Gasteiger charge is 2.05. The molecule has 1 N–H and O–H groups in total. The van der Waals surface area contributed by atoms with E-state index in [-0.39, 0.29) is 0 Å². The number of hydrogen-bond acceptors (Lipinski definition) is 3.